The highest BCUT2D eigenvalue weighted by molar-refractivity contribution is 7.25. The number of hydrogen-bond donors (Lipinski definition) is 0. The van der Waals surface area contributed by atoms with Crippen LogP contribution in [-0.4, -0.2) is 0 Å². The van der Waals surface area contributed by atoms with Crippen LogP contribution in [0.2, 0.25) is 0 Å². The van der Waals surface area contributed by atoms with Crippen LogP contribution in [0.5, 0.6) is 0 Å². The van der Waals surface area contributed by atoms with Gasteiger partial charge in [0.15, 0.2) is 0 Å². The van der Waals surface area contributed by atoms with Gasteiger partial charge in [-0.25, -0.2) is 0 Å². The lowest BCUT2D eigenvalue weighted by Gasteiger charge is -2.28. The number of benzene rings is 10. The molecule has 2 aromatic heterocycles. The van der Waals surface area contributed by atoms with E-state index in [9.17, 15) is 0 Å². The molecule has 59 heavy (non-hydrogen) atoms. The highest BCUT2D eigenvalue weighted by Gasteiger charge is 2.21. The Balaban J connectivity index is 1.03. The molecule has 0 radical (unpaired) electrons. The summed E-state index contributed by atoms with van der Waals surface area (Å²) in [6, 6.07) is 77.0. The van der Waals surface area contributed by atoms with E-state index in [1.165, 1.54) is 58.6 Å². The average Bonchev–Trinajstić information content (AvgIpc) is 3.89. The van der Waals surface area contributed by atoms with Gasteiger partial charge in [0, 0.05) is 53.3 Å². The van der Waals surface area contributed by atoms with Gasteiger partial charge in [0.1, 0.15) is 11.2 Å². The first-order valence-corrected chi connectivity index (χ1v) is 20.9. The Labute approximate surface area is 345 Å². The summed E-state index contributed by atoms with van der Waals surface area (Å²) < 4.78 is 9.30. The van der Waals surface area contributed by atoms with Crippen LogP contribution in [0.3, 0.4) is 0 Å². The monoisotopic (exact) mass is 769 g/mol. The molecule has 276 valence electrons. The van der Waals surface area contributed by atoms with Gasteiger partial charge in [0.05, 0.1) is 5.69 Å². The van der Waals surface area contributed by atoms with Gasteiger partial charge in [-0.1, -0.05) is 152 Å². The van der Waals surface area contributed by atoms with Crippen LogP contribution in [0, 0.1) is 0 Å². The van der Waals surface area contributed by atoms with Crippen molar-refractivity contribution in [3.8, 4) is 33.4 Å². The van der Waals surface area contributed by atoms with E-state index >= 15 is 0 Å². The minimum atomic E-state index is 0.884. The summed E-state index contributed by atoms with van der Waals surface area (Å²) in [6.07, 6.45) is 0. The van der Waals surface area contributed by atoms with Gasteiger partial charge in [0.2, 0.25) is 0 Å². The van der Waals surface area contributed by atoms with Crippen LogP contribution in [0.1, 0.15) is 0 Å². The van der Waals surface area contributed by atoms with E-state index in [0.29, 0.717) is 0 Å². The number of rotatable bonds is 6. The van der Waals surface area contributed by atoms with E-state index in [1.807, 2.05) is 11.3 Å². The molecule has 0 aliphatic carbocycles. The SMILES string of the molecule is c1ccc(N(c2ccc(-c3ccc4ccccc4c3)cc2)c2ccc(-c3cccc4sc5ccccc5c34)cc2)c(-c2cccc3oc4c5ccccc5ccc4c23)c1. The Morgan fingerprint density at radius 1 is 0.356 bits per heavy atom. The van der Waals surface area contributed by atoms with Crippen molar-refractivity contribution in [3.05, 3.63) is 212 Å². The van der Waals surface area contributed by atoms with E-state index in [0.717, 1.165) is 55.5 Å². The second kappa shape index (κ2) is 13.6. The lowest BCUT2D eigenvalue weighted by atomic mass is 9.95. The third-order valence-electron chi connectivity index (χ3n) is 11.9. The largest absolute Gasteiger partial charge is 0.455 e. The van der Waals surface area contributed by atoms with Crippen LogP contribution in [0.25, 0.3) is 97.0 Å². The minimum absolute atomic E-state index is 0.884. The lowest BCUT2D eigenvalue weighted by molar-refractivity contribution is 0.673. The topological polar surface area (TPSA) is 16.4 Å². The van der Waals surface area contributed by atoms with Gasteiger partial charge < -0.3 is 9.32 Å². The number of hydrogen-bond acceptors (Lipinski definition) is 3. The molecule has 2 heterocycles. The zero-order valence-corrected chi connectivity index (χ0v) is 32.8. The van der Waals surface area contributed by atoms with E-state index in [1.54, 1.807) is 0 Å². The Bertz CT molecular complexity index is 3560. The molecule has 0 atom stereocenters. The first kappa shape index (κ1) is 33.7. The van der Waals surface area contributed by atoms with Crippen molar-refractivity contribution in [2.24, 2.45) is 0 Å². The van der Waals surface area contributed by atoms with Crippen molar-refractivity contribution in [1.29, 1.82) is 0 Å². The molecule has 0 saturated carbocycles. The van der Waals surface area contributed by atoms with Crippen LogP contribution >= 0.6 is 11.3 Å². The van der Waals surface area contributed by atoms with Crippen molar-refractivity contribution < 1.29 is 4.42 Å². The smallest absolute Gasteiger partial charge is 0.143 e. The molecule has 0 bridgehead atoms. The number of anilines is 3. The fourth-order valence-electron chi connectivity index (χ4n) is 9.08. The maximum absolute atomic E-state index is 6.67. The summed E-state index contributed by atoms with van der Waals surface area (Å²) in [5.74, 6) is 0. The molecule has 3 heteroatoms. The molecule has 0 N–H and O–H groups in total. The quantitative estimate of drug-likeness (QED) is 0.167. The number of nitrogens with zero attached hydrogens (tertiary/aromatic N) is 1. The van der Waals surface area contributed by atoms with Gasteiger partial charge in [-0.3, -0.25) is 0 Å². The molecule has 0 aliphatic heterocycles. The molecule has 12 rings (SSSR count). The highest BCUT2D eigenvalue weighted by atomic mass is 32.1. The Kier molecular flexibility index (Phi) is 7.75. The Morgan fingerprint density at radius 2 is 0.966 bits per heavy atom. The van der Waals surface area contributed by atoms with Crippen LogP contribution in [0.15, 0.2) is 217 Å². The maximum atomic E-state index is 6.67. The second-order valence-electron chi connectivity index (χ2n) is 15.2. The lowest BCUT2D eigenvalue weighted by Crippen LogP contribution is -2.11. The van der Waals surface area contributed by atoms with Gasteiger partial charge in [0.25, 0.3) is 0 Å². The molecule has 0 spiro atoms. The van der Waals surface area contributed by atoms with E-state index in [2.05, 4.69) is 217 Å². The van der Waals surface area contributed by atoms with Gasteiger partial charge in [-0.2, -0.15) is 0 Å². The summed E-state index contributed by atoms with van der Waals surface area (Å²) in [7, 11) is 0. The summed E-state index contributed by atoms with van der Waals surface area (Å²) in [6.45, 7) is 0. The number of para-hydroxylation sites is 1. The normalized spacial score (nSPS) is 11.7. The molecule has 0 saturated heterocycles. The van der Waals surface area contributed by atoms with Crippen LogP contribution < -0.4 is 4.90 Å². The third-order valence-corrected chi connectivity index (χ3v) is 13.0. The van der Waals surface area contributed by atoms with E-state index < -0.39 is 0 Å². The van der Waals surface area contributed by atoms with Gasteiger partial charge >= 0.3 is 0 Å². The molecule has 12 aromatic rings. The third kappa shape index (κ3) is 5.55. The van der Waals surface area contributed by atoms with Crippen molar-refractivity contribution in [2.75, 3.05) is 4.90 Å². The van der Waals surface area contributed by atoms with Crippen molar-refractivity contribution >= 4 is 92.1 Å². The molecule has 2 nitrogen and oxygen atoms in total. The van der Waals surface area contributed by atoms with Gasteiger partial charge in [-0.15, -0.1) is 11.3 Å². The molecular formula is C56H35NOS. The maximum Gasteiger partial charge on any atom is 0.143 e. The summed E-state index contributed by atoms with van der Waals surface area (Å²) in [4.78, 5) is 2.40. The standard InChI is InChI=1S/C56H35NOS/c1-2-13-40-35-41(24-23-36(40)11-1)37-25-30-42(31-26-37)57(43-32-27-39(28-33-43)44-17-10-22-53-55(44)48-16-6-8-21-52(48)59-53)50-19-7-5-15-46(50)47-18-9-20-51-54(47)49-34-29-38-12-3-4-14-45(38)56(49)58-51/h1-35H. The highest BCUT2D eigenvalue weighted by Crippen LogP contribution is 2.47. The fraction of sp³-hybridized carbons (Fsp3) is 0. The van der Waals surface area contributed by atoms with Crippen molar-refractivity contribution in [1.82, 2.24) is 0 Å². The molecule has 0 fully saturated rings. The van der Waals surface area contributed by atoms with E-state index in [-0.39, 0.29) is 0 Å². The van der Waals surface area contributed by atoms with Crippen molar-refractivity contribution in [3.63, 3.8) is 0 Å². The molecular weight excluding hydrogens is 735 g/mol. The summed E-state index contributed by atoms with van der Waals surface area (Å²) >= 11 is 1.86. The second-order valence-corrected chi connectivity index (χ2v) is 16.3. The fourth-order valence-corrected chi connectivity index (χ4v) is 10.2. The average molecular weight is 770 g/mol. The Morgan fingerprint density at radius 3 is 1.81 bits per heavy atom. The molecule has 0 aliphatic rings. The summed E-state index contributed by atoms with van der Waals surface area (Å²) in [5, 5.41) is 9.66. The van der Waals surface area contributed by atoms with Gasteiger partial charge in [-0.05, 0) is 105 Å². The molecule has 0 amide bonds. The Hall–Kier alpha value is -7.46. The van der Waals surface area contributed by atoms with Crippen molar-refractivity contribution in [2.45, 2.75) is 0 Å². The van der Waals surface area contributed by atoms with Crippen LogP contribution in [0.4, 0.5) is 17.1 Å². The minimum Gasteiger partial charge on any atom is -0.455 e. The number of furan rings is 1. The number of thiophene rings is 1. The number of fused-ring (bicyclic) bond motifs is 9. The first-order valence-electron chi connectivity index (χ1n) is 20.1. The molecule has 0 unspecified atom stereocenters. The predicted molar refractivity (Wildman–Crippen MR) is 253 cm³/mol. The zero-order chi connectivity index (χ0) is 38.9. The molecule has 10 aromatic carbocycles. The zero-order valence-electron chi connectivity index (χ0n) is 32.0. The van der Waals surface area contributed by atoms with Crippen LogP contribution in [-0.2, 0) is 0 Å². The summed E-state index contributed by atoms with van der Waals surface area (Å²) in [5.41, 5.74) is 12.2. The van der Waals surface area contributed by atoms with E-state index in [4.69, 9.17) is 4.42 Å². The first-order chi connectivity index (χ1) is 29.2. The predicted octanol–water partition coefficient (Wildman–Crippen LogP) is 16.7.